The summed E-state index contributed by atoms with van der Waals surface area (Å²) in [7, 11) is 1.68. The SMILES string of the molecule is CN(Cc1ccccc1)C(=O)NCCC(=O)NCCNC(=O)c1ccccc1F. The third-order valence-corrected chi connectivity index (χ3v) is 4.09. The fourth-order valence-corrected chi connectivity index (χ4v) is 2.55. The maximum Gasteiger partial charge on any atom is 0.317 e. The van der Waals surface area contributed by atoms with Crippen molar-refractivity contribution in [3.05, 3.63) is 71.5 Å². The Labute approximate surface area is 169 Å². The Morgan fingerprint density at radius 3 is 2.24 bits per heavy atom. The van der Waals surface area contributed by atoms with E-state index in [9.17, 15) is 18.8 Å². The molecule has 0 unspecified atom stereocenters. The van der Waals surface area contributed by atoms with Gasteiger partial charge in [-0.25, -0.2) is 9.18 Å². The monoisotopic (exact) mass is 400 g/mol. The van der Waals surface area contributed by atoms with Crippen molar-refractivity contribution in [3.8, 4) is 0 Å². The van der Waals surface area contributed by atoms with E-state index in [4.69, 9.17) is 0 Å². The summed E-state index contributed by atoms with van der Waals surface area (Å²) in [6.45, 7) is 1.05. The predicted molar refractivity (Wildman–Crippen MR) is 108 cm³/mol. The number of carbonyl (C=O) groups excluding carboxylic acids is 3. The highest BCUT2D eigenvalue weighted by Crippen LogP contribution is 2.05. The zero-order chi connectivity index (χ0) is 21.1. The van der Waals surface area contributed by atoms with Crippen LogP contribution in [0.4, 0.5) is 9.18 Å². The predicted octanol–water partition coefficient (Wildman–Crippen LogP) is 1.90. The topological polar surface area (TPSA) is 90.5 Å². The molecule has 0 aliphatic carbocycles. The van der Waals surface area contributed by atoms with Gasteiger partial charge in [0.2, 0.25) is 5.91 Å². The minimum absolute atomic E-state index is 0.0406. The molecule has 2 aromatic rings. The summed E-state index contributed by atoms with van der Waals surface area (Å²) in [5.74, 6) is -1.38. The van der Waals surface area contributed by atoms with E-state index in [2.05, 4.69) is 16.0 Å². The van der Waals surface area contributed by atoms with Crippen LogP contribution in [0, 0.1) is 5.82 Å². The van der Waals surface area contributed by atoms with Gasteiger partial charge in [-0.05, 0) is 17.7 Å². The van der Waals surface area contributed by atoms with Crippen molar-refractivity contribution in [3.63, 3.8) is 0 Å². The molecule has 3 N–H and O–H groups in total. The van der Waals surface area contributed by atoms with Crippen molar-refractivity contribution in [1.82, 2.24) is 20.9 Å². The number of nitrogens with zero attached hydrogens (tertiary/aromatic N) is 1. The molecule has 0 aliphatic heterocycles. The molecule has 154 valence electrons. The molecule has 7 nitrogen and oxygen atoms in total. The van der Waals surface area contributed by atoms with E-state index < -0.39 is 11.7 Å². The summed E-state index contributed by atoms with van der Waals surface area (Å²) >= 11 is 0. The number of rotatable bonds is 9. The third-order valence-electron chi connectivity index (χ3n) is 4.09. The normalized spacial score (nSPS) is 10.1. The lowest BCUT2D eigenvalue weighted by Crippen LogP contribution is -2.39. The van der Waals surface area contributed by atoms with Crippen LogP contribution in [0.5, 0.6) is 0 Å². The van der Waals surface area contributed by atoms with Gasteiger partial charge < -0.3 is 20.9 Å². The van der Waals surface area contributed by atoms with E-state index in [0.29, 0.717) is 6.54 Å². The zero-order valence-corrected chi connectivity index (χ0v) is 16.3. The molecule has 0 aliphatic rings. The van der Waals surface area contributed by atoms with Crippen LogP contribution in [0.15, 0.2) is 54.6 Å². The van der Waals surface area contributed by atoms with Crippen LogP contribution in [-0.2, 0) is 11.3 Å². The van der Waals surface area contributed by atoms with E-state index in [0.717, 1.165) is 5.56 Å². The van der Waals surface area contributed by atoms with Gasteiger partial charge in [0.1, 0.15) is 5.82 Å². The molecule has 0 heterocycles. The number of hydrogen-bond acceptors (Lipinski definition) is 3. The van der Waals surface area contributed by atoms with Gasteiger partial charge in [-0.15, -0.1) is 0 Å². The Kier molecular flexibility index (Phi) is 8.62. The lowest BCUT2D eigenvalue weighted by atomic mass is 10.2. The van der Waals surface area contributed by atoms with Gasteiger partial charge in [0, 0.05) is 39.6 Å². The van der Waals surface area contributed by atoms with Gasteiger partial charge in [-0.2, -0.15) is 0 Å². The molecule has 4 amide bonds. The molecule has 0 spiro atoms. The van der Waals surface area contributed by atoms with Crippen LogP contribution >= 0.6 is 0 Å². The zero-order valence-electron chi connectivity index (χ0n) is 16.3. The van der Waals surface area contributed by atoms with Gasteiger partial charge in [-0.1, -0.05) is 42.5 Å². The van der Waals surface area contributed by atoms with Crippen molar-refractivity contribution in [2.24, 2.45) is 0 Å². The number of hydrogen-bond donors (Lipinski definition) is 3. The van der Waals surface area contributed by atoms with Gasteiger partial charge in [-0.3, -0.25) is 9.59 Å². The molecule has 0 fully saturated rings. The maximum absolute atomic E-state index is 13.5. The van der Waals surface area contributed by atoms with Crippen LogP contribution < -0.4 is 16.0 Å². The van der Waals surface area contributed by atoms with E-state index in [1.165, 1.54) is 23.1 Å². The Morgan fingerprint density at radius 1 is 0.862 bits per heavy atom. The number of amides is 4. The molecule has 2 rings (SSSR count). The van der Waals surface area contributed by atoms with Crippen LogP contribution in [0.1, 0.15) is 22.3 Å². The standard InChI is InChI=1S/C21H25FN4O3/c1-26(15-16-7-3-2-4-8-16)21(29)25-12-11-19(27)23-13-14-24-20(28)17-9-5-6-10-18(17)22/h2-10H,11-15H2,1H3,(H,23,27)(H,24,28)(H,25,29). The Bertz CT molecular complexity index is 830. The van der Waals surface area contributed by atoms with Crippen molar-refractivity contribution < 1.29 is 18.8 Å². The highest BCUT2D eigenvalue weighted by Gasteiger charge is 2.11. The number of halogens is 1. The van der Waals surface area contributed by atoms with E-state index in [1.54, 1.807) is 13.1 Å². The Hall–Kier alpha value is -3.42. The van der Waals surface area contributed by atoms with E-state index >= 15 is 0 Å². The molecule has 0 radical (unpaired) electrons. The summed E-state index contributed by atoms with van der Waals surface area (Å²) in [6, 6.07) is 15.0. The first-order valence-electron chi connectivity index (χ1n) is 9.29. The van der Waals surface area contributed by atoms with Gasteiger partial charge in [0.15, 0.2) is 0 Å². The van der Waals surface area contributed by atoms with Gasteiger partial charge in [0.25, 0.3) is 5.91 Å². The summed E-state index contributed by atoms with van der Waals surface area (Å²) in [5.41, 5.74) is 0.974. The highest BCUT2D eigenvalue weighted by molar-refractivity contribution is 5.94. The number of carbonyl (C=O) groups is 3. The molecule has 0 saturated heterocycles. The van der Waals surface area contributed by atoms with Gasteiger partial charge >= 0.3 is 6.03 Å². The third kappa shape index (κ3) is 7.61. The molecular weight excluding hydrogens is 375 g/mol. The molecule has 8 heteroatoms. The smallest absolute Gasteiger partial charge is 0.317 e. The lowest BCUT2D eigenvalue weighted by molar-refractivity contribution is -0.120. The first kappa shape index (κ1) is 21.9. The van der Waals surface area contributed by atoms with Crippen LogP contribution in [0.25, 0.3) is 0 Å². The number of urea groups is 1. The summed E-state index contributed by atoms with van der Waals surface area (Å²) in [5, 5.41) is 7.86. The first-order valence-corrected chi connectivity index (χ1v) is 9.29. The fourth-order valence-electron chi connectivity index (χ4n) is 2.55. The largest absolute Gasteiger partial charge is 0.354 e. The molecule has 0 aromatic heterocycles. The van der Waals surface area contributed by atoms with Crippen LogP contribution in [0.2, 0.25) is 0 Å². The highest BCUT2D eigenvalue weighted by atomic mass is 19.1. The molecule has 29 heavy (non-hydrogen) atoms. The molecule has 0 atom stereocenters. The fraction of sp³-hybridized carbons (Fsp3) is 0.286. The summed E-state index contributed by atoms with van der Waals surface area (Å²) in [4.78, 5) is 37.2. The molecular formula is C21H25FN4O3. The lowest BCUT2D eigenvalue weighted by Gasteiger charge is -2.18. The average molecular weight is 400 g/mol. The number of nitrogens with one attached hydrogen (secondary N) is 3. The van der Waals surface area contributed by atoms with E-state index in [1.807, 2.05) is 30.3 Å². The maximum atomic E-state index is 13.5. The number of benzene rings is 2. The molecule has 2 aromatic carbocycles. The Balaban J connectivity index is 1.58. The van der Waals surface area contributed by atoms with E-state index in [-0.39, 0.29) is 43.6 Å². The molecule has 0 bridgehead atoms. The van der Waals surface area contributed by atoms with Crippen LogP contribution in [-0.4, -0.2) is 49.4 Å². The summed E-state index contributed by atoms with van der Waals surface area (Å²) in [6.07, 6.45) is 0.117. The van der Waals surface area contributed by atoms with Gasteiger partial charge in [0.05, 0.1) is 5.56 Å². The van der Waals surface area contributed by atoms with Crippen LogP contribution in [0.3, 0.4) is 0 Å². The first-order chi connectivity index (χ1) is 14.0. The van der Waals surface area contributed by atoms with Crippen molar-refractivity contribution >= 4 is 17.8 Å². The quantitative estimate of drug-likeness (QED) is 0.562. The minimum Gasteiger partial charge on any atom is -0.354 e. The second-order valence-electron chi connectivity index (χ2n) is 6.41. The summed E-state index contributed by atoms with van der Waals surface area (Å²) < 4.78 is 13.5. The second kappa shape index (κ2) is 11.4. The average Bonchev–Trinajstić information content (AvgIpc) is 2.72. The minimum atomic E-state index is -0.595. The second-order valence-corrected chi connectivity index (χ2v) is 6.41. The molecule has 0 saturated carbocycles. The van der Waals surface area contributed by atoms with Crippen molar-refractivity contribution in [2.45, 2.75) is 13.0 Å². The van der Waals surface area contributed by atoms with Crippen molar-refractivity contribution in [1.29, 1.82) is 0 Å². The Morgan fingerprint density at radius 2 is 1.52 bits per heavy atom. The van der Waals surface area contributed by atoms with Crippen molar-refractivity contribution in [2.75, 3.05) is 26.7 Å².